The number of carbonyl (C=O) groups excluding carboxylic acids is 1. The largest absolute Gasteiger partial charge is 0.325 e. The van der Waals surface area contributed by atoms with E-state index in [0.29, 0.717) is 18.7 Å². The minimum atomic E-state index is -2.99. The maximum absolute atomic E-state index is 13.0. The minimum Gasteiger partial charge on any atom is -0.325 e. The zero-order valence-electron chi connectivity index (χ0n) is 17.1. The molecule has 0 radical (unpaired) electrons. The Balaban J connectivity index is 1.69. The first-order valence-corrected chi connectivity index (χ1v) is 11.4. The lowest BCUT2D eigenvalue weighted by Gasteiger charge is -2.24. The molecule has 0 saturated carbocycles. The molecule has 0 unspecified atom stereocenters. The van der Waals surface area contributed by atoms with Gasteiger partial charge in [-0.2, -0.15) is 5.10 Å². The van der Waals surface area contributed by atoms with Crippen LogP contribution in [-0.4, -0.2) is 53.6 Å². The molecule has 1 N–H and O–H groups in total. The summed E-state index contributed by atoms with van der Waals surface area (Å²) in [7, 11) is -1.14. The summed E-state index contributed by atoms with van der Waals surface area (Å²) in [5, 5.41) is 7.37. The van der Waals surface area contributed by atoms with Gasteiger partial charge in [-0.3, -0.25) is 14.4 Å². The molecule has 9 heteroatoms. The van der Waals surface area contributed by atoms with Gasteiger partial charge in [-0.1, -0.05) is 0 Å². The molecular formula is C20H27FN4O3S. The molecule has 1 aromatic heterocycles. The van der Waals surface area contributed by atoms with Crippen molar-refractivity contribution in [2.45, 2.75) is 45.8 Å². The molecule has 2 heterocycles. The van der Waals surface area contributed by atoms with Crippen molar-refractivity contribution in [1.29, 1.82) is 0 Å². The van der Waals surface area contributed by atoms with E-state index >= 15 is 0 Å². The summed E-state index contributed by atoms with van der Waals surface area (Å²) in [4.78, 5) is 14.5. The number of nitrogens with zero attached hydrogens (tertiary/aromatic N) is 3. The van der Waals surface area contributed by atoms with Crippen LogP contribution >= 0.6 is 0 Å². The van der Waals surface area contributed by atoms with Gasteiger partial charge in [0.05, 0.1) is 29.3 Å². The smallest absolute Gasteiger partial charge is 0.241 e. The third kappa shape index (κ3) is 4.84. The van der Waals surface area contributed by atoms with Gasteiger partial charge in [0.15, 0.2) is 9.84 Å². The molecule has 1 aliphatic rings. The lowest BCUT2D eigenvalue weighted by atomic mass is 10.1. The number of likely N-dealkylation sites (N-methyl/N-ethyl adjacent to an activating group) is 1. The first-order chi connectivity index (χ1) is 13.6. The topological polar surface area (TPSA) is 84.3 Å². The van der Waals surface area contributed by atoms with Crippen LogP contribution in [0.5, 0.6) is 0 Å². The van der Waals surface area contributed by atoms with Gasteiger partial charge >= 0.3 is 0 Å². The molecule has 1 fully saturated rings. The Hall–Kier alpha value is -2.26. The van der Waals surface area contributed by atoms with Crippen molar-refractivity contribution in [3.05, 3.63) is 47.0 Å². The van der Waals surface area contributed by atoms with E-state index in [0.717, 1.165) is 17.0 Å². The molecule has 29 heavy (non-hydrogen) atoms. The number of benzene rings is 1. The molecule has 0 bridgehead atoms. The van der Waals surface area contributed by atoms with E-state index in [4.69, 9.17) is 0 Å². The van der Waals surface area contributed by atoms with Crippen LogP contribution in [0.25, 0.3) is 0 Å². The van der Waals surface area contributed by atoms with Crippen molar-refractivity contribution in [3.63, 3.8) is 0 Å². The first kappa shape index (κ1) is 21.4. The van der Waals surface area contributed by atoms with Crippen molar-refractivity contribution in [2.75, 3.05) is 23.9 Å². The van der Waals surface area contributed by atoms with Crippen molar-refractivity contribution in [3.8, 4) is 0 Å². The van der Waals surface area contributed by atoms with Crippen LogP contribution in [0.1, 0.15) is 36.3 Å². The second-order valence-corrected chi connectivity index (χ2v) is 9.97. The van der Waals surface area contributed by atoms with Gasteiger partial charge in [0.2, 0.25) is 5.91 Å². The monoisotopic (exact) mass is 422 g/mol. The SMILES string of the molecule is Cc1nn([C@@H]2CCS(=O)(=O)C2)c(C)c1CN(C)[C@@H](C)C(=O)Nc1ccc(F)cc1. The number of rotatable bonds is 6. The highest BCUT2D eigenvalue weighted by Gasteiger charge is 2.32. The molecule has 1 aromatic carbocycles. The van der Waals surface area contributed by atoms with Crippen LogP contribution < -0.4 is 5.32 Å². The average molecular weight is 423 g/mol. The second-order valence-electron chi connectivity index (χ2n) is 7.74. The van der Waals surface area contributed by atoms with E-state index < -0.39 is 15.9 Å². The number of sulfone groups is 1. The third-order valence-electron chi connectivity index (χ3n) is 5.59. The molecular weight excluding hydrogens is 395 g/mol. The first-order valence-electron chi connectivity index (χ1n) is 9.59. The lowest BCUT2D eigenvalue weighted by Crippen LogP contribution is -2.39. The third-order valence-corrected chi connectivity index (χ3v) is 7.34. The van der Waals surface area contributed by atoms with E-state index in [2.05, 4.69) is 10.4 Å². The molecule has 3 rings (SSSR count). The number of hydrogen-bond donors (Lipinski definition) is 1. The maximum Gasteiger partial charge on any atom is 0.241 e. The number of aromatic nitrogens is 2. The summed E-state index contributed by atoms with van der Waals surface area (Å²) in [6, 6.07) is 5.09. The lowest BCUT2D eigenvalue weighted by molar-refractivity contribution is -0.120. The van der Waals surface area contributed by atoms with Gasteiger partial charge in [0, 0.05) is 23.5 Å². The quantitative estimate of drug-likeness (QED) is 0.773. The number of hydrogen-bond acceptors (Lipinski definition) is 5. The summed E-state index contributed by atoms with van der Waals surface area (Å²) in [6.45, 7) is 6.16. The van der Waals surface area contributed by atoms with Crippen molar-refractivity contribution >= 4 is 21.4 Å². The van der Waals surface area contributed by atoms with Crippen LogP contribution in [0.4, 0.5) is 10.1 Å². The van der Waals surface area contributed by atoms with Gasteiger partial charge in [-0.15, -0.1) is 0 Å². The molecule has 2 aromatic rings. The Morgan fingerprint density at radius 3 is 2.59 bits per heavy atom. The minimum absolute atomic E-state index is 0.126. The number of aryl methyl sites for hydroxylation is 1. The van der Waals surface area contributed by atoms with Crippen LogP contribution in [0.15, 0.2) is 24.3 Å². The molecule has 2 atom stereocenters. The Labute approximate surface area is 170 Å². The fourth-order valence-electron chi connectivity index (χ4n) is 3.62. The zero-order valence-corrected chi connectivity index (χ0v) is 18.0. The number of amides is 1. The van der Waals surface area contributed by atoms with E-state index in [1.165, 1.54) is 24.3 Å². The highest BCUT2D eigenvalue weighted by Crippen LogP contribution is 2.27. The van der Waals surface area contributed by atoms with E-state index in [1.807, 2.05) is 30.5 Å². The van der Waals surface area contributed by atoms with E-state index in [9.17, 15) is 17.6 Å². The molecule has 0 aliphatic carbocycles. The Morgan fingerprint density at radius 1 is 1.34 bits per heavy atom. The van der Waals surface area contributed by atoms with Gasteiger partial charge in [0.1, 0.15) is 5.82 Å². The molecule has 158 valence electrons. The fourth-order valence-corrected chi connectivity index (χ4v) is 5.31. The number of anilines is 1. The zero-order chi connectivity index (χ0) is 21.3. The van der Waals surface area contributed by atoms with Gasteiger partial charge in [-0.05, 0) is 58.5 Å². The van der Waals surface area contributed by atoms with Crippen LogP contribution in [0.3, 0.4) is 0 Å². The van der Waals surface area contributed by atoms with E-state index in [1.54, 1.807) is 6.92 Å². The van der Waals surface area contributed by atoms with Gasteiger partial charge in [0.25, 0.3) is 0 Å². The molecule has 7 nitrogen and oxygen atoms in total. The van der Waals surface area contributed by atoms with Gasteiger partial charge in [-0.25, -0.2) is 12.8 Å². The highest BCUT2D eigenvalue weighted by atomic mass is 32.2. The number of carbonyl (C=O) groups is 1. The molecule has 1 aliphatic heterocycles. The van der Waals surface area contributed by atoms with Crippen molar-refractivity contribution < 1.29 is 17.6 Å². The molecule has 1 saturated heterocycles. The molecule has 0 spiro atoms. The summed E-state index contributed by atoms with van der Waals surface area (Å²) < 4.78 is 38.5. The second kappa shape index (κ2) is 8.23. The number of halogens is 1. The average Bonchev–Trinajstić information content (AvgIpc) is 3.16. The summed E-state index contributed by atoms with van der Waals surface area (Å²) in [5.41, 5.74) is 3.31. The maximum atomic E-state index is 13.0. The normalized spacial score (nSPS) is 19.4. The molecule has 1 amide bonds. The standard InChI is InChI=1S/C20H27FN4O3S/c1-13-19(14(2)25(23-13)18-9-10-29(27,28)12-18)11-24(4)15(3)20(26)22-17-7-5-16(21)6-8-17/h5-8,15,18H,9-12H2,1-4H3,(H,22,26)/t15-,18+/m0/s1. The Bertz CT molecular complexity index is 1000. The van der Waals surface area contributed by atoms with Crippen LogP contribution in [-0.2, 0) is 21.2 Å². The summed E-state index contributed by atoms with van der Waals surface area (Å²) in [6.07, 6.45) is 0.579. The summed E-state index contributed by atoms with van der Waals surface area (Å²) in [5.74, 6) is -0.220. The van der Waals surface area contributed by atoms with Crippen LogP contribution in [0.2, 0.25) is 0 Å². The van der Waals surface area contributed by atoms with Crippen molar-refractivity contribution in [2.24, 2.45) is 0 Å². The van der Waals surface area contributed by atoms with E-state index in [-0.39, 0.29) is 29.3 Å². The number of nitrogens with one attached hydrogen (secondary N) is 1. The predicted octanol–water partition coefficient (Wildman–Crippen LogP) is 2.46. The Kier molecular flexibility index (Phi) is 6.09. The predicted molar refractivity (Wildman–Crippen MR) is 110 cm³/mol. The van der Waals surface area contributed by atoms with Crippen LogP contribution in [0, 0.1) is 19.7 Å². The van der Waals surface area contributed by atoms with Crippen molar-refractivity contribution in [1.82, 2.24) is 14.7 Å². The fraction of sp³-hybridized carbons (Fsp3) is 0.500. The van der Waals surface area contributed by atoms with Gasteiger partial charge < -0.3 is 5.32 Å². The summed E-state index contributed by atoms with van der Waals surface area (Å²) >= 11 is 0. The Morgan fingerprint density at radius 2 is 2.00 bits per heavy atom. The highest BCUT2D eigenvalue weighted by molar-refractivity contribution is 7.91.